The first-order chi connectivity index (χ1) is 5.43. The molecule has 0 fully saturated rings. The van der Waals surface area contributed by atoms with Gasteiger partial charge in [-0.15, -0.1) is 6.58 Å². The highest BCUT2D eigenvalue weighted by molar-refractivity contribution is 5.83. The van der Waals surface area contributed by atoms with E-state index >= 15 is 0 Å². The molecule has 0 N–H and O–H groups in total. The summed E-state index contributed by atoms with van der Waals surface area (Å²) >= 11 is 0. The molecule has 1 nitrogen and oxygen atoms in total. The molecule has 0 rings (SSSR count). The highest BCUT2D eigenvalue weighted by atomic mass is 14.7. The third kappa shape index (κ3) is 3.70. The van der Waals surface area contributed by atoms with Crippen molar-refractivity contribution in [1.82, 2.24) is 0 Å². The smallest absolute Gasteiger partial charge is 0.0276 e. The van der Waals surface area contributed by atoms with E-state index in [4.69, 9.17) is 0 Å². The van der Waals surface area contributed by atoms with Crippen molar-refractivity contribution in [2.45, 2.75) is 34.1 Å². The number of hydrogen-bond donors (Lipinski definition) is 0. The van der Waals surface area contributed by atoms with Crippen LogP contribution in [0, 0.1) is 11.3 Å². The summed E-state index contributed by atoms with van der Waals surface area (Å²) in [6.45, 7) is 12.5. The van der Waals surface area contributed by atoms with E-state index in [0.717, 1.165) is 6.42 Å². The Hall–Kier alpha value is -0.590. The summed E-state index contributed by atoms with van der Waals surface area (Å²) in [5.74, 6) is 0.558. The fraction of sp³-hybridized carbons (Fsp3) is 0.727. The van der Waals surface area contributed by atoms with Crippen molar-refractivity contribution in [3.05, 3.63) is 12.7 Å². The van der Waals surface area contributed by atoms with Gasteiger partial charge >= 0.3 is 0 Å². The van der Waals surface area contributed by atoms with Crippen LogP contribution in [0.3, 0.4) is 0 Å². The Balaban J connectivity index is 4.18. The van der Waals surface area contributed by atoms with Crippen molar-refractivity contribution < 1.29 is 0 Å². The van der Waals surface area contributed by atoms with Crippen LogP contribution in [0.25, 0.3) is 0 Å². The van der Waals surface area contributed by atoms with E-state index in [0.29, 0.717) is 5.92 Å². The van der Waals surface area contributed by atoms with Crippen LogP contribution in [0.4, 0.5) is 0 Å². The molecule has 0 spiro atoms. The third-order valence-electron chi connectivity index (χ3n) is 2.45. The summed E-state index contributed by atoms with van der Waals surface area (Å²) in [5, 5.41) is 0. The molecule has 0 saturated heterocycles. The molecular formula is C11H21N. The van der Waals surface area contributed by atoms with Gasteiger partial charge in [-0.3, -0.25) is 4.99 Å². The lowest BCUT2D eigenvalue weighted by atomic mass is 9.82. The molecule has 1 atom stereocenters. The molecule has 12 heavy (non-hydrogen) atoms. The van der Waals surface area contributed by atoms with Gasteiger partial charge in [0.05, 0.1) is 0 Å². The molecule has 0 amide bonds. The summed E-state index contributed by atoms with van der Waals surface area (Å²) in [5.41, 5.74) is 1.45. The number of hydrogen-bond acceptors (Lipinski definition) is 1. The van der Waals surface area contributed by atoms with Gasteiger partial charge < -0.3 is 0 Å². The first-order valence-corrected chi connectivity index (χ1v) is 4.50. The van der Waals surface area contributed by atoms with Gasteiger partial charge in [0.2, 0.25) is 0 Å². The maximum atomic E-state index is 4.19. The average Bonchev–Trinajstić information content (AvgIpc) is 2.02. The largest absolute Gasteiger partial charge is 0.297 e. The van der Waals surface area contributed by atoms with Crippen molar-refractivity contribution in [3.63, 3.8) is 0 Å². The molecule has 1 unspecified atom stereocenters. The topological polar surface area (TPSA) is 12.4 Å². The number of rotatable bonds is 4. The van der Waals surface area contributed by atoms with E-state index in [1.807, 2.05) is 13.1 Å². The second kappa shape index (κ2) is 4.44. The summed E-state index contributed by atoms with van der Waals surface area (Å²) in [7, 11) is 1.85. The molecule has 0 saturated carbocycles. The molecule has 0 bridgehead atoms. The summed E-state index contributed by atoms with van der Waals surface area (Å²) in [4.78, 5) is 4.19. The van der Waals surface area contributed by atoms with Gasteiger partial charge in [0.25, 0.3) is 0 Å². The van der Waals surface area contributed by atoms with Crippen LogP contribution in [0.2, 0.25) is 0 Å². The van der Waals surface area contributed by atoms with Gasteiger partial charge in [-0.2, -0.15) is 0 Å². The minimum Gasteiger partial charge on any atom is -0.297 e. The van der Waals surface area contributed by atoms with E-state index < -0.39 is 0 Å². The lowest BCUT2D eigenvalue weighted by Crippen LogP contribution is -2.17. The summed E-state index contributed by atoms with van der Waals surface area (Å²) < 4.78 is 0. The second-order valence-corrected chi connectivity index (χ2v) is 4.16. The van der Waals surface area contributed by atoms with Gasteiger partial charge in [0, 0.05) is 12.8 Å². The fourth-order valence-corrected chi connectivity index (χ4v) is 1.24. The second-order valence-electron chi connectivity index (χ2n) is 4.16. The van der Waals surface area contributed by atoms with E-state index in [9.17, 15) is 0 Å². The van der Waals surface area contributed by atoms with E-state index in [2.05, 4.69) is 39.3 Å². The van der Waals surface area contributed by atoms with Crippen LogP contribution in [-0.2, 0) is 0 Å². The molecule has 0 heterocycles. The van der Waals surface area contributed by atoms with Gasteiger partial charge in [0.1, 0.15) is 0 Å². The first-order valence-electron chi connectivity index (χ1n) is 4.50. The normalized spacial score (nSPS) is 15.9. The molecular weight excluding hydrogens is 146 g/mol. The predicted octanol–water partition coefficient (Wildman–Crippen LogP) is 3.32. The molecule has 0 aliphatic carbocycles. The van der Waals surface area contributed by atoms with Crippen LogP contribution >= 0.6 is 0 Å². The maximum Gasteiger partial charge on any atom is 0.0276 e. The van der Waals surface area contributed by atoms with Crippen molar-refractivity contribution in [2.75, 3.05) is 7.05 Å². The molecule has 0 aromatic heterocycles. The Labute approximate surface area is 76.6 Å². The number of allylic oxidation sites excluding steroid dienone is 1. The van der Waals surface area contributed by atoms with Crippen molar-refractivity contribution in [2.24, 2.45) is 16.3 Å². The summed E-state index contributed by atoms with van der Waals surface area (Å²) in [6, 6.07) is 0. The van der Waals surface area contributed by atoms with Crippen LogP contribution < -0.4 is 0 Å². The Kier molecular flexibility index (Phi) is 4.22. The number of aliphatic imine (C=N–C) groups is 1. The van der Waals surface area contributed by atoms with E-state index in [-0.39, 0.29) is 5.41 Å². The first kappa shape index (κ1) is 11.4. The zero-order chi connectivity index (χ0) is 9.78. The predicted molar refractivity (Wildman–Crippen MR) is 56.8 cm³/mol. The number of nitrogens with zero attached hydrogens (tertiary/aromatic N) is 1. The van der Waals surface area contributed by atoms with Gasteiger partial charge in [-0.05, 0) is 24.7 Å². The van der Waals surface area contributed by atoms with Gasteiger partial charge in [0.15, 0.2) is 0 Å². The Morgan fingerprint density at radius 1 is 1.58 bits per heavy atom. The molecule has 0 aromatic rings. The third-order valence-corrected chi connectivity index (χ3v) is 2.45. The van der Waals surface area contributed by atoms with Crippen molar-refractivity contribution in [1.29, 1.82) is 0 Å². The minimum atomic E-state index is 0.228. The fourth-order valence-electron chi connectivity index (χ4n) is 1.24. The SMILES string of the molecule is C=CC(C)(C)CC(C)C(C)=NC. The highest BCUT2D eigenvalue weighted by Gasteiger charge is 2.18. The van der Waals surface area contributed by atoms with E-state index in [1.165, 1.54) is 5.71 Å². The Bertz CT molecular complexity index is 177. The molecule has 0 aromatic carbocycles. The van der Waals surface area contributed by atoms with Crippen molar-refractivity contribution >= 4 is 5.71 Å². The molecule has 70 valence electrons. The highest BCUT2D eigenvalue weighted by Crippen LogP contribution is 2.26. The molecule has 1 heteroatoms. The monoisotopic (exact) mass is 167 g/mol. The maximum absolute atomic E-state index is 4.19. The van der Waals surface area contributed by atoms with Gasteiger partial charge in [-0.1, -0.05) is 26.8 Å². The van der Waals surface area contributed by atoms with Crippen LogP contribution in [0.1, 0.15) is 34.1 Å². The van der Waals surface area contributed by atoms with Crippen LogP contribution in [0.5, 0.6) is 0 Å². The van der Waals surface area contributed by atoms with E-state index in [1.54, 1.807) is 0 Å². The quantitative estimate of drug-likeness (QED) is 0.450. The molecule has 0 aliphatic heterocycles. The average molecular weight is 167 g/mol. The van der Waals surface area contributed by atoms with Gasteiger partial charge in [-0.25, -0.2) is 0 Å². The zero-order valence-electron chi connectivity index (χ0n) is 9.02. The Morgan fingerprint density at radius 2 is 2.08 bits per heavy atom. The standard InChI is InChI=1S/C11H21N/c1-7-11(4,5)8-9(2)10(3)12-6/h7,9H,1,8H2,2-6H3. The molecule has 0 radical (unpaired) electrons. The van der Waals surface area contributed by atoms with Crippen LogP contribution in [-0.4, -0.2) is 12.8 Å². The Morgan fingerprint density at radius 3 is 2.42 bits per heavy atom. The van der Waals surface area contributed by atoms with Crippen molar-refractivity contribution in [3.8, 4) is 0 Å². The summed E-state index contributed by atoms with van der Waals surface area (Å²) in [6.07, 6.45) is 3.14. The lowest BCUT2D eigenvalue weighted by molar-refractivity contribution is 0.398. The molecule has 0 aliphatic rings. The minimum absolute atomic E-state index is 0.228. The zero-order valence-corrected chi connectivity index (χ0v) is 9.02. The van der Waals surface area contributed by atoms with Crippen LogP contribution in [0.15, 0.2) is 17.6 Å². The lowest BCUT2D eigenvalue weighted by Gasteiger charge is -2.24.